The highest BCUT2D eigenvalue weighted by molar-refractivity contribution is 9.09. The van der Waals surface area contributed by atoms with E-state index in [0.717, 1.165) is 5.56 Å². The van der Waals surface area contributed by atoms with Gasteiger partial charge in [0.2, 0.25) is 17.7 Å². The van der Waals surface area contributed by atoms with Crippen molar-refractivity contribution in [3.63, 3.8) is 0 Å². The van der Waals surface area contributed by atoms with E-state index >= 15 is 0 Å². The first kappa shape index (κ1) is 36.8. The zero-order chi connectivity index (χ0) is 34.7. The van der Waals surface area contributed by atoms with E-state index in [0.29, 0.717) is 19.3 Å². The number of hydrogen-bond acceptors (Lipinski definition) is 7. The molecule has 47 heavy (non-hydrogen) atoms. The molecular formula is C36H50BrN3O7. The first-order valence-corrected chi connectivity index (χ1v) is 17.4. The third-order valence-electron chi connectivity index (χ3n) is 9.48. The van der Waals surface area contributed by atoms with Crippen LogP contribution in [0.3, 0.4) is 0 Å². The standard InChI is InChI=1S/C36H50BrN3O7/c1-8-10-16-27(42)46-21-26(23-14-12-11-13-15-23)38-32(43)28-29-33(44)40(24(20-41)18-22(3)4)31(36(29)19-25(37)30(28)47-36)34(45)39(17-9-2)35(5,6)7/h8-9,11-15,22,24-26,28-31,41H,1-2,10,16-21H2,3-7H3,(H,38,43)/t24-,25?,26+,28-,29+,30-,31-,36+/m1/s1. The van der Waals surface area contributed by atoms with Crippen molar-refractivity contribution in [1.29, 1.82) is 0 Å². The highest BCUT2D eigenvalue weighted by Gasteiger charge is 2.77. The molecule has 10 nitrogen and oxygen atoms in total. The Bertz CT molecular complexity index is 1330. The summed E-state index contributed by atoms with van der Waals surface area (Å²) in [5.74, 6) is -3.25. The minimum atomic E-state index is -1.29. The number of amides is 3. The zero-order valence-electron chi connectivity index (χ0n) is 28.2. The van der Waals surface area contributed by atoms with Crippen LogP contribution in [-0.4, -0.2) is 92.5 Å². The summed E-state index contributed by atoms with van der Waals surface area (Å²) in [5.41, 5.74) is -1.15. The fourth-order valence-corrected chi connectivity index (χ4v) is 8.42. The number of likely N-dealkylation sites (tertiary alicyclic amines) is 1. The highest BCUT2D eigenvalue weighted by atomic mass is 79.9. The van der Waals surface area contributed by atoms with Gasteiger partial charge >= 0.3 is 5.97 Å². The summed E-state index contributed by atoms with van der Waals surface area (Å²) in [4.78, 5) is 59.0. The van der Waals surface area contributed by atoms with Crippen molar-refractivity contribution < 1.29 is 33.8 Å². The first-order chi connectivity index (χ1) is 22.2. The number of ether oxygens (including phenoxy) is 2. The van der Waals surface area contributed by atoms with E-state index in [-0.39, 0.29) is 48.7 Å². The second kappa shape index (κ2) is 15.0. The molecular weight excluding hydrogens is 666 g/mol. The van der Waals surface area contributed by atoms with E-state index in [4.69, 9.17) is 9.47 Å². The van der Waals surface area contributed by atoms with Gasteiger partial charge in [0.05, 0.1) is 36.6 Å². The van der Waals surface area contributed by atoms with Gasteiger partial charge < -0.3 is 29.7 Å². The van der Waals surface area contributed by atoms with Crippen LogP contribution < -0.4 is 5.32 Å². The van der Waals surface area contributed by atoms with Gasteiger partial charge in [0.25, 0.3) is 0 Å². The average molecular weight is 717 g/mol. The molecule has 0 radical (unpaired) electrons. The summed E-state index contributed by atoms with van der Waals surface area (Å²) in [6.07, 6.45) is 4.08. The largest absolute Gasteiger partial charge is 0.463 e. The van der Waals surface area contributed by atoms with E-state index in [2.05, 4.69) is 34.4 Å². The summed E-state index contributed by atoms with van der Waals surface area (Å²) in [6.45, 7) is 17.1. The van der Waals surface area contributed by atoms with Crippen LogP contribution in [0.4, 0.5) is 0 Å². The molecule has 3 aliphatic heterocycles. The van der Waals surface area contributed by atoms with Crippen LogP contribution in [0.25, 0.3) is 0 Å². The quantitative estimate of drug-likeness (QED) is 0.157. The molecule has 2 bridgehead atoms. The minimum absolute atomic E-state index is 0.0955. The van der Waals surface area contributed by atoms with Gasteiger partial charge in [-0.25, -0.2) is 0 Å². The molecule has 258 valence electrons. The van der Waals surface area contributed by atoms with Crippen molar-refractivity contribution in [2.45, 2.75) is 100 Å². The van der Waals surface area contributed by atoms with Crippen molar-refractivity contribution in [2.24, 2.45) is 17.8 Å². The maximum absolute atomic E-state index is 14.7. The van der Waals surface area contributed by atoms with Crippen LogP contribution in [0.1, 0.15) is 71.9 Å². The number of aliphatic hydroxyl groups excluding tert-OH is 1. The lowest BCUT2D eigenvalue weighted by atomic mass is 9.70. The molecule has 4 rings (SSSR count). The van der Waals surface area contributed by atoms with E-state index in [1.165, 1.54) is 4.90 Å². The Morgan fingerprint density at radius 1 is 1.21 bits per heavy atom. The number of aliphatic hydroxyl groups is 1. The van der Waals surface area contributed by atoms with E-state index in [9.17, 15) is 24.3 Å². The number of nitrogens with zero attached hydrogens (tertiary/aromatic N) is 2. The van der Waals surface area contributed by atoms with Crippen LogP contribution in [0.5, 0.6) is 0 Å². The van der Waals surface area contributed by atoms with Gasteiger partial charge in [0.1, 0.15) is 18.2 Å². The van der Waals surface area contributed by atoms with E-state index in [1.54, 1.807) is 17.1 Å². The molecule has 3 aliphatic rings. The van der Waals surface area contributed by atoms with Gasteiger partial charge in [-0.3, -0.25) is 19.2 Å². The smallest absolute Gasteiger partial charge is 0.306 e. The number of hydrogen-bond donors (Lipinski definition) is 2. The average Bonchev–Trinajstić information content (AvgIpc) is 3.62. The number of alkyl halides is 1. The normalized spacial score (nSPS) is 27.7. The molecule has 3 saturated heterocycles. The van der Waals surface area contributed by atoms with Crippen LogP contribution in [-0.2, 0) is 28.7 Å². The molecule has 0 saturated carbocycles. The first-order valence-electron chi connectivity index (χ1n) is 16.5. The molecule has 1 unspecified atom stereocenters. The second-order valence-corrected chi connectivity index (χ2v) is 15.4. The number of benzene rings is 1. The Morgan fingerprint density at radius 3 is 2.47 bits per heavy atom. The van der Waals surface area contributed by atoms with Crippen molar-refractivity contribution in [3.05, 3.63) is 61.2 Å². The highest BCUT2D eigenvalue weighted by Crippen LogP contribution is 2.61. The minimum Gasteiger partial charge on any atom is -0.463 e. The van der Waals surface area contributed by atoms with Crippen molar-refractivity contribution >= 4 is 39.6 Å². The van der Waals surface area contributed by atoms with Gasteiger partial charge in [-0.2, -0.15) is 0 Å². The molecule has 1 aromatic rings. The van der Waals surface area contributed by atoms with Crippen molar-refractivity contribution in [1.82, 2.24) is 15.1 Å². The number of carbonyl (C=O) groups is 4. The van der Waals surface area contributed by atoms with Crippen LogP contribution in [0.2, 0.25) is 0 Å². The van der Waals surface area contributed by atoms with Crippen LogP contribution in [0.15, 0.2) is 55.6 Å². The number of carbonyl (C=O) groups excluding carboxylic acids is 4. The summed E-state index contributed by atoms with van der Waals surface area (Å²) < 4.78 is 12.3. The molecule has 11 heteroatoms. The topological polar surface area (TPSA) is 125 Å². The Balaban J connectivity index is 1.73. The predicted octanol–water partition coefficient (Wildman–Crippen LogP) is 4.32. The molecule has 1 aromatic carbocycles. The Hall–Kier alpha value is -3.02. The number of allylic oxidation sites excluding steroid dienone is 1. The SMILES string of the molecule is C=CCCC(=O)OC[C@H](NC(=O)[C@H]1[C@@H]2O[C@@]3(CC2Br)[C@@H]1C(=O)N([C@@H](CO)CC(C)C)[C@@H]3C(=O)N(CC=C)C(C)(C)C)c1ccccc1. The molecule has 3 heterocycles. The van der Waals surface area contributed by atoms with Crippen molar-refractivity contribution in [3.8, 4) is 0 Å². The number of fused-ring (bicyclic) bond motifs is 1. The molecule has 8 atom stereocenters. The third-order valence-corrected chi connectivity index (χ3v) is 10.3. The maximum Gasteiger partial charge on any atom is 0.306 e. The molecule has 1 spiro atoms. The molecule has 3 fully saturated rings. The van der Waals surface area contributed by atoms with E-state index < -0.39 is 59.1 Å². The summed E-state index contributed by atoms with van der Waals surface area (Å²) in [7, 11) is 0. The summed E-state index contributed by atoms with van der Waals surface area (Å²) in [6, 6.07) is 6.82. The second-order valence-electron chi connectivity index (χ2n) is 14.3. The maximum atomic E-state index is 14.7. The lowest BCUT2D eigenvalue weighted by molar-refractivity contribution is -0.154. The zero-order valence-corrected chi connectivity index (χ0v) is 29.8. The van der Waals surface area contributed by atoms with E-state index in [1.807, 2.05) is 65.0 Å². The van der Waals surface area contributed by atoms with Crippen LogP contribution >= 0.6 is 15.9 Å². The molecule has 3 amide bonds. The van der Waals surface area contributed by atoms with Gasteiger partial charge in [0.15, 0.2) is 0 Å². The fraction of sp³-hybridized carbons (Fsp3) is 0.611. The number of halogens is 1. The van der Waals surface area contributed by atoms with Gasteiger partial charge in [-0.05, 0) is 51.5 Å². The summed E-state index contributed by atoms with van der Waals surface area (Å²) >= 11 is 3.74. The molecule has 0 aliphatic carbocycles. The monoisotopic (exact) mass is 715 g/mol. The fourth-order valence-electron chi connectivity index (χ4n) is 7.47. The Kier molecular flexibility index (Phi) is 11.8. The van der Waals surface area contributed by atoms with Gasteiger partial charge in [-0.1, -0.05) is 72.3 Å². The number of rotatable bonds is 15. The Morgan fingerprint density at radius 2 is 1.89 bits per heavy atom. The lowest BCUT2D eigenvalue weighted by Crippen LogP contribution is -2.62. The molecule has 0 aromatic heterocycles. The lowest BCUT2D eigenvalue weighted by Gasteiger charge is -2.43. The van der Waals surface area contributed by atoms with Crippen molar-refractivity contribution in [2.75, 3.05) is 19.8 Å². The molecule has 2 N–H and O–H groups in total. The van der Waals surface area contributed by atoms with Gasteiger partial charge in [-0.15, -0.1) is 13.2 Å². The number of esters is 1. The predicted molar refractivity (Wildman–Crippen MR) is 182 cm³/mol. The summed E-state index contributed by atoms with van der Waals surface area (Å²) in [5, 5.41) is 13.7. The van der Waals surface area contributed by atoms with Crippen LogP contribution in [0, 0.1) is 17.8 Å². The third kappa shape index (κ3) is 7.37. The Labute approximate surface area is 287 Å². The number of nitrogens with one attached hydrogen (secondary N) is 1. The van der Waals surface area contributed by atoms with Gasteiger partial charge in [0, 0.05) is 23.3 Å².